The summed E-state index contributed by atoms with van der Waals surface area (Å²) in [6.07, 6.45) is 2.58. The molecule has 0 heterocycles. The average Bonchev–Trinajstić information content (AvgIpc) is 3.39. The zero-order valence-corrected chi connectivity index (χ0v) is 45.7. The fourth-order valence-corrected chi connectivity index (χ4v) is 7.06. The van der Waals surface area contributed by atoms with Crippen LogP contribution in [0.4, 0.5) is 0 Å². The van der Waals surface area contributed by atoms with Crippen LogP contribution in [0.1, 0.15) is 69.3 Å². The van der Waals surface area contributed by atoms with Crippen LogP contribution in [-0.4, -0.2) is 152 Å². The van der Waals surface area contributed by atoms with Crippen molar-refractivity contribution in [2.45, 2.75) is 26.2 Å². The zero-order valence-electron chi connectivity index (χ0n) is 45.7. The molecule has 0 amide bonds. The molecule has 0 radical (unpaired) electrons. The number of aryl methyl sites for hydroxylation is 1. The Morgan fingerprint density at radius 3 is 1.03 bits per heavy atom. The maximum Gasteiger partial charge on any atom is 0.136 e. The zero-order chi connectivity index (χ0) is 53.7. The van der Waals surface area contributed by atoms with Crippen molar-refractivity contribution < 1.29 is 51.9 Å². The first-order valence-corrected chi connectivity index (χ1v) is 25.3. The molecule has 75 heavy (non-hydrogen) atoms. The van der Waals surface area contributed by atoms with Gasteiger partial charge in [-0.3, -0.25) is 0 Å². The van der Waals surface area contributed by atoms with Gasteiger partial charge in [0.25, 0.3) is 0 Å². The summed E-state index contributed by atoms with van der Waals surface area (Å²) in [4.78, 5) is 2.16. The van der Waals surface area contributed by atoms with Gasteiger partial charge in [0.1, 0.15) is 60.9 Å². The van der Waals surface area contributed by atoms with E-state index in [1.807, 2.05) is 97.9 Å². The number of rotatable bonds is 27. The van der Waals surface area contributed by atoms with Crippen LogP contribution in [0.15, 0.2) is 91.0 Å². The number of quaternary nitrogens is 1. The van der Waals surface area contributed by atoms with Gasteiger partial charge in [0.2, 0.25) is 0 Å². The molecule has 0 saturated heterocycles. The van der Waals surface area contributed by atoms with E-state index in [2.05, 4.69) is 87.5 Å². The van der Waals surface area contributed by atoms with E-state index in [-0.39, 0.29) is 0 Å². The Balaban J connectivity index is 1.69. The summed E-state index contributed by atoms with van der Waals surface area (Å²) in [7, 11) is 17.2. The van der Waals surface area contributed by atoms with Crippen molar-refractivity contribution in [2.24, 2.45) is 0 Å². The maximum absolute atomic E-state index is 6.65. The molecule has 0 aromatic heterocycles. The highest BCUT2D eigenvalue weighted by atomic mass is 16.5. The largest absolute Gasteiger partial charge is 0.492 e. The monoisotopic (exact) mass is 1020 g/mol. The minimum atomic E-state index is 0.295. The fraction of sp³-hybridized carbons (Fsp3) is 0.397. The second-order valence-electron chi connectivity index (χ2n) is 18.7. The summed E-state index contributed by atoms with van der Waals surface area (Å²) in [5, 5.41) is 0. The molecule has 0 unspecified atom stereocenters. The van der Waals surface area contributed by atoms with Crippen LogP contribution in [0.5, 0.6) is 34.5 Å². The molecular weight excluding hydrogens is 945 g/mol. The van der Waals surface area contributed by atoms with Crippen LogP contribution in [0.2, 0.25) is 0 Å². The van der Waals surface area contributed by atoms with E-state index in [0.29, 0.717) is 134 Å². The van der Waals surface area contributed by atoms with E-state index < -0.39 is 0 Å². The van der Waals surface area contributed by atoms with Gasteiger partial charge in [-0.2, -0.15) is 0 Å². The predicted molar refractivity (Wildman–Crippen MR) is 297 cm³/mol. The topological polar surface area (TPSA) is 95.5 Å². The van der Waals surface area contributed by atoms with Crippen molar-refractivity contribution >= 4 is 0 Å². The first-order chi connectivity index (χ1) is 36.4. The summed E-state index contributed by atoms with van der Waals surface area (Å²) >= 11 is 0. The van der Waals surface area contributed by atoms with Gasteiger partial charge in [-0.25, -0.2) is 0 Å². The number of nitrogens with zero attached hydrogens (tertiary/aromatic N) is 2. The second-order valence-corrected chi connectivity index (χ2v) is 18.7. The molecule has 0 N–H and O–H groups in total. The van der Waals surface area contributed by atoms with E-state index in [1.54, 1.807) is 28.4 Å². The summed E-state index contributed by atoms with van der Waals surface area (Å²) in [6, 6.07) is 29.2. The Kier molecular flexibility index (Phi) is 25.3. The third kappa shape index (κ3) is 21.3. The Labute approximate surface area is 447 Å². The Hall–Kier alpha value is -7.10. The summed E-state index contributed by atoms with van der Waals surface area (Å²) in [5.41, 5.74) is 6.60. The lowest BCUT2D eigenvalue weighted by Gasteiger charge is -2.23. The maximum atomic E-state index is 6.65. The molecule has 0 aliphatic rings. The fourth-order valence-electron chi connectivity index (χ4n) is 7.06. The van der Waals surface area contributed by atoms with Gasteiger partial charge in [0.15, 0.2) is 0 Å². The SMILES string of the molecule is COCCOc1cc(C#Cc2cc(OCCC[N+](C)(C)C)c(C#Cc3cc(OCCOC)c(C#Cc4ccc(C)cc4)cc3OCCOC)cc2OCCCCN(C)C)c(OCCOC)cc1C#Cc1ccccc1. The number of hydrogen-bond acceptors (Lipinski definition) is 11. The van der Waals surface area contributed by atoms with E-state index in [4.69, 9.17) is 47.4 Å². The van der Waals surface area contributed by atoms with Crippen LogP contribution in [0.25, 0.3) is 0 Å². The highest BCUT2D eigenvalue weighted by Crippen LogP contribution is 2.33. The minimum absolute atomic E-state index is 0.295. The first kappa shape index (κ1) is 58.8. The molecule has 12 heteroatoms. The molecule has 5 aromatic carbocycles. The van der Waals surface area contributed by atoms with Crippen LogP contribution >= 0.6 is 0 Å². The third-order valence-corrected chi connectivity index (χ3v) is 11.1. The van der Waals surface area contributed by atoms with Gasteiger partial charge in [-0.05, 0) is 64.7 Å². The minimum Gasteiger partial charge on any atom is -0.492 e. The average molecular weight is 1020 g/mol. The Morgan fingerprint density at radius 2 is 0.693 bits per heavy atom. The molecule has 12 nitrogen and oxygen atoms in total. The van der Waals surface area contributed by atoms with Crippen LogP contribution < -0.4 is 28.4 Å². The normalized spacial score (nSPS) is 10.7. The summed E-state index contributed by atoms with van der Waals surface area (Å²) in [6.45, 7) is 7.54. The Bertz CT molecular complexity index is 2810. The van der Waals surface area contributed by atoms with Crippen LogP contribution in [0, 0.1) is 54.3 Å². The lowest BCUT2D eigenvalue weighted by Crippen LogP contribution is -2.36. The smallest absolute Gasteiger partial charge is 0.136 e. The van der Waals surface area contributed by atoms with Crippen molar-refractivity contribution in [3.63, 3.8) is 0 Å². The van der Waals surface area contributed by atoms with Gasteiger partial charge in [-0.15, -0.1) is 0 Å². The van der Waals surface area contributed by atoms with Crippen molar-refractivity contribution in [3.05, 3.63) is 141 Å². The van der Waals surface area contributed by atoms with Gasteiger partial charge in [-0.1, -0.05) is 83.3 Å². The summed E-state index contributed by atoms with van der Waals surface area (Å²) in [5.74, 6) is 30.1. The number of unbranched alkanes of at least 4 members (excludes halogenated alkanes) is 1. The molecule has 0 atom stereocenters. The van der Waals surface area contributed by atoms with Gasteiger partial charge < -0.3 is 56.8 Å². The predicted octanol–water partition coefficient (Wildman–Crippen LogP) is 8.89. The second kappa shape index (κ2) is 32.3. The van der Waals surface area contributed by atoms with Gasteiger partial charge in [0, 0.05) is 82.4 Å². The number of methoxy groups -OCH3 is 4. The van der Waals surface area contributed by atoms with E-state index in [0.717, 1.165) is 53.5 Å². The van der Waals surface area contributed by atoms with Crippen molar-refractivity contribution in [1.82, 2.24) is 4.90 Å². The highest BCUT2D eigenvalue weighted by molar-refractivity contribution is 5.65. The molecule has 396 valence electrons. The molecule has 5 rings (SSSR count). The molecule has 5 aromatic rings. The molecule has 0 fully saturated rings. The summed E-state index contributed by atoms with van der Waals surface area (Å²) < 4.78 is 60.7. The molecule has 0 saturated carbocycles. The standard InChI is InChI=1S/C63H75N2O10/c1-49-19-21-51(22-20-49)24-26-53-44-63(75-42-38-69-10)57(48-61(53)73-40-36-67-8)30-28-55-45-58(70-33-15-14-31-64(2)3)54(46-59(55)71-34-16-32-65(4,5)6)27-29-56-47-60(72-39-35-66-7)52(43-62(56)74-41-37-68-9)25-23-50-17-12-11-13-18-50/h11-13,17-22,43-48H,14-16,31-42H2,1-10H3/q+1. The molecule has 0 spiro atoms. The van der Waals surface area contributed by atoms with Gasteiger partial charge >= 0.3 is 0 Å². The van der Waals surface area contributed by atoms with Gasteiger partial charge in [0.05, 0.1) is 101 Å². The molecule has 0 aliphatic heterocycles. The number of ether oxygens (including phenoxy) is 10. The van der Waals surface area contributed by atoms with Crippen LogP contribution in [0.3, 0.4) is 0 Å². The molecule has 0 bridgehead atoms. The lowest BCUT2D eigenvalue weighted by atomic mass is 10.0. The lowest BCUT2D eigenvalue weighted by molar-refractivity contribution is -0.870. The molecule has 0 aliphatic carbocycles. The van der Waals surface area contributed by atoms with Crippen molar-refractivity contribution in [2.75, 3.05) is 143 Å². The molecular formula is C63H75N2O10+. The van der Waals surface area contributed by atoms with Crippen LogP contribution in [-0.2, 0) is 18.9 Å². The number of benzene rings is 5. The third-order valence-electron chi connectivity index (χ3n) is 11.1. The quantitative estimate of drug-likeness (QED) is 0.0287. The van der Waals surface area contributed by atoms with E-state index in [1.165, 1.54) is 0 Å². The van der Waals surface area contributed by atoms with E-state index >= 15 is 0 Å². The Morgan fingerprint density at radius 1 is 0.373 bits per heavy atom. The first-order valence-electron chi connectivity index (χ1n) is 25.3. The number of hydrogen-bond donors (Lipinski definition) is 0. The van der Waals surface area contributed by atoms with Crippen molar-refractivity contribution in [3.8, 4) is 81.9 Å². The highest BCUT2D eigenvalue weighted by Gasteiger charge is 2.16. The van der Waals surface area contributed by atoms with Crippen molar-refractivity contribution in [1.29, 1.82) is 0 Å². The van der Waals surface area contributed by atoms with E-state index in [9.17, 15) is 0 Å².